The Bertz CT molecular complexity index is 892. The summed E-state index contributed by atoms with van der Waals surface area (Å²) in [5.41, 5.74) is -1.58. The fourth-order valence-corrected chi connectivity index (χ4v) is 2.23. The summed E-state index contributed by atoms with van der Waals surface area (Å²) in [4.78, 5) is 16.1. The van der Waals surface area contributed by atoms with Crippen molar-refractivity contribution in [2.45, 2.75) is 6.18 Å². The van der Waals surface area contributed by atoms with E-state index in [0.29, 0.717) is 11.9 Å². The summed E-state index contributed by atoms with van der Waals surface area (Å²) in [6.45, 7) is 0. The van der Waals surface area contributed by atoms with Crippen LogP contribution in [-0.2, 0) is 11.0 Å². The van der Waals surface area contributed by atoms with E-state index < -0.39 is 22.7 Å². The zero-order chi connectivity index (χ0) is 19.3. The van der Waals surface area contributed by atoms with Gasteiger partial charge in [0.2, 0.25) is 0 Å². The van der Waals surface area contributed by atoms with Crippen LogP contribution in [0.15, 0.2) is 52.8 Å². The van der Waals surface area contributed by atoms with Crippen molar-refractivity contribution in [3.05, 3.63) is 63.4 Å². The van der Waals surface area contributed by atoms with Crippen molar-refractivity contribution in [3.8, 4) is 6.07 Å². The molecule has 0 aliphatic heterocycles. The van der Waals surface area contributed by atoms with Gasteiger partial charge >= 0.3 is 6.18 Å². The average molecular weight is 446 g/mol. The van der Waals surface area contributed by atoms with E-state index in [-0.39, 0.29) is 11.3 Å². The lowest BCUT2D eigenvalue weighted by Crippen LogP contribution is -2.15. The van der Waals surface area contributed by atoms with Gasteiger partial charge in [-0.05, 0) is 46.3 Å². The lowest BCUT2D eigenvalue weighted by Gasteiger charge is -2.11. The van der Waals surface area contributed by atoms with Crippen LogP contribution in [0.1, 0.15) is 5.56 Å². The standard InChI is InChI=1S/C16H9BrClF3N4O/c17-10-1-4-14(24-8-10)23-7-9(6-22)15(26)25-11-2-3-13(18)12(5-11)16(19,20)21/h1-5,7-8H,(H,23,24)(H,25,26)/b9-7-. The maximum atomic E-state index is 12.8. The monoisotopic (exact) mass is 444 g/mol. The molecule has 1 aromatic carbocycles. The molecule has 0 fully saturated rings. The van der Waals surface area contributed by atoms with Crippen LogP contribution < -0.4 is 10.6 Å². The van der Waals surface area contributed by atoms with Crippen molar-refractivity contribution < 1.29 is 18.0 Å². The molecule has 0 bridgehead atoms. The van der Waals surface area contributed by atoms with Gasteiger partial charge in [0.1, 0.15) is 17.5 Å². The molecule has 2 rings (SSSR count). The highest BCUT2D eigenvalue weighted by Crippen LogP contribution is 2.36. The Morgan fingerprint density at radius 1 is 1.31 bits per heavy atom. The lowest BCUT2D eigenvalue weighted by atomic mass is 10.2. The Hall–Kier alpha value is -2.57. The molecule has 0 spiro atoms. The minimum absolute atomic E-state index is 0.144. The molecule has 0 saturated heterocycles. The highest BCUT2D eigenvalue weighted by molar-refractivity contribution is 9.10. The molecule has 0 radical (unpaired) electrons. The number of pyridine rings is 1. The lowest BCUT2D eigenvalue weighted by molar-refractivity contribution is -0.137. The van der Waals surface area contributed by atoms with E-state index in [1.807, 2.05) is 0 Å². The van der Waals surface area contributed by atoms with Crippen LogP contribution in [0.5, 0.6) is 0 Å². The number of halogens is 5. The molecule has 134 valence electrons. The number of carbonyl (C=O) groups is 1. The van der Waals surface area contributed by atoms with E-state index in [9.17, 15) is 18.0 Å². The predicted molar refractivity (Wildman–Crippen MR) is 94.3 cm³/mol. The van der Waals surface area contributed by atoms with Crippen LogP contribution in [0.4, 0.5) is 24.7 Å². The number of anilines is 2. The Morgan fingerprint density at radius 3 is 2.62 bits per heavy atom. The number of benzene rings is 1. The quantitative estimate of drug-likeness (QED) is 0.514. The minimum Gasteiger partial charge on any atom is -0.345 e. The van der Waals surface area contributed by atoms with Crippen molar-refractivity contribution in [2.24, 2.45) is 0 Å². The zero-order valence-corrected chi connectivity index (χ0v) is 15.1. The van der Waals surface area contributed by atoms with Gasteiger partial charge in [-0.3, -0.25) is 4.79 Å². The summed E-state index contributed by atoms with van der Waals surface area (Å²) in [5.74, 6) is -0.507. The minimum atomic E-state index is -4.67. The molecule has 10 heteroatoms. The predicted octanol–water partition coefficient (Wildman–Crippen LogP) is 4.97. The van der Waals surface area contributed by atoms with Crippen molar-refractivity contribution >= 4 is 44.9 Å². The largest absolute Gasteiger partial charge is 0.417 e. The number of nitrogens with one attached hydrogen (secondary N) is 2. The number of carbonyl (C=O) groups excluding carboxylic acids is 1. The van der Waals surface area contributed by atoms with Gasteiger partial charge in [0.05, 0.1) is 10.6 Å². The molecule has 2 N–H and O–H groups in total. The number of alkyl halides is 3. The molecule has 0 saturated carbocycles. The van der Waals surface area contributed by atoms with Gasteiger partial charge < -0.3 is 10.6 Å². The maximum Gasteiger partial charge on any atom is 0.417 e. The van der Waals surface area contributed by atoms with Gasteiger partial charge in [0.25, 0.3) is 5.91 Å². The second kappa shape index (κ2) is 8.21. The van der Waals surface area contributed by atoms with Crippen molar-refractivity contribution in [3.63, 3.8) is 0 Å². The highest BCUT2D eigenvalue weighted by Gasteiger charge is 2.33. The van der Waals surface area contributed by atoms with Gasteiger partial charge in [-0.1, -0.05) is 11.6 Å². The third-order valence-electron chi connectivity index (χ3n) is 2.99. The second-order valence-corrected chi connectivity index (χ2v) is 6.15. The van der Waals surface area contributed by atoms with E-state index in [0.717, 1.165) is 16.7 Å². The fraction of sp³-hybridized carbons (Fsp3) is 0.0625. The number of aromatic nitrogens is 1. The van der Waals surface area contributed by atoms with E-state index >= 15 is 0 Å². The van der Waals surface area contributed by atoms with Crippen molar-refractivity contribution in [1.82, 2.24) is 4.98 Å². The molecule has 5 nitrogen and oxygen atoms in total. The normalized spacial score (nSPS) is 11.6. The molecule has 0 unspecified atom stereocenters. The van der Waals surface area contributed by atoms with Crippen LogP contribution in [-0.4, -0.2) is 10.9 Å². The van der Waals surface area contributed by atoms with Gasteiger partial charge in [-0.25, -0.2) is 4.98 Å². The molecular formula is C16H9BrClF3N4O. The summed E-state index contributed by atoms with van der Waals surface area (Å²) < 4.78 is 39.3. The van der Waals surface area contributed by atoms with E-state index in [1.54, 1.807) is 18.2 Å². The Balaban J connectivity index is 2.15. The summed E-state index contributed by atoms with van der Waals surface area (Å²) in [6.07, 6.45) is -2.05. The van der Waals surface area contributed by atoms with Gasteiger partial charge in [0.15, 0.2) is 0 Å². The molecule has 0 aliphatic rings. The number of nitriles is 1. The SMILES string of the molecule is N#C/C(=C/Nc1ccc(Br)cn1)C(=O)Nc1ccc(Cl)c(C(F)(F)F)c1. The van der Waals surface area contributed by atoms with Crippen LogP contribution in [0.3, 0.4) is 0 Å². The molecule has 2 aromatic rings. The number of rotatable bonds is 4. The summed E-state index contributed by atoms with van der Waals surface area (Å²) in [5, 5.41) is 13.5. The Kier molecular flexibility index (Phi) is 6.23. The molecule has 26 heavy (non-hydrogen) atoms. The van der Waals surface area contributed by atoms with E-state index in [4.69, 9.17) is 16.9 Å². The zero-order valence-electron chi connectivity index (χ0n) is 12.7. The molecule has 1 heterocycles. The van der Waals surface area contributed by atoms with Gasteiger partial charge in [-0.2, -0.15) is 18.4 Å². The van der Waals surface area contributed by atoms with Crippen molar-refractivity contribution in [2.75, 3.05) is 10.6 Å². The van der Waals surface area contributed by atoms with Crippen molar-refractivity contribution in [1.29, 1.82) is 5.26 Å². The third-order valence-corrected chi connectivity index (χ3v) is 3.79. The number of amides is 1. The number of nitrogens with zero attached hydrogens (tertiary/aromatic N) is 2. The topological polar surface area (TPSA) is 77.8 Å². The fourth-order valence-electron chi connectivity index (χ4n) is 1.77. The molecule has 1 amide bonds. The van der Waals surface area contributed by atoms with Crippen LogP contribution in [0.2, 0.25) is 5.02 Å². The Morgan fingerprint density at radius 2 is 2.04 bits per heavy atom. The smallest absolute Gasteiger partial charge is 0.345 e. The van der Waals surface area contributed by atoms with Crippen LogP contribution in [0.25, 0.3) is 0 Å². The summed E-state index contributed by atoms with van der Waals surface area (Å²) in [7, 11) is 0. The van der Waals surface area contributed by atoms with Gasteiger partial charge in [-0.15, -0.1) is 0 Å². The average Bonchev–Trinajstić information content (AvgIpc) is 2.58. The Labute approximate surface area is 159 Å². The van der Waals surface area contributed by atoms with Gasteiger partial charge in [0, 0.05) is 22.6 Å². The highest BCUT2D eigenvalue weighted by atomic mass is 79.9. The van der Waals surface area contributed by atoms with Crippen LogP contribution in [0, 0.1) is 11.3 Å². The first-order valence-electron chi connectivity index (χ1n) is 6.87. The second-order valence-electron chi connectivity index (χ2n) is 4.82. The summed E-state index contributed by atoms with van der Waals surface area (Å²) in [6, 6.07) is 7.87. The first-order chi connectivity index (χ1) is 12.2. The molecule has 1 aromatic heterocycles. The van der Waals surface area contributed by atoms with E-state index in [1.165, 1.54) is 12.3 Å². The number of hydrogen-bond acceptors (Lipinski definition) is 4. The first-order valence-corrected chi connectivity index (χ1v) is 8.04. The first kappa shape index (κ1) is 19.8. The summed E-state index contributed by atoms with van der Waals surface area (Å²) >= 11 is 8.73. The molecule has 0 atom stereocenters. The van der Waals surface area contributed by atoms with Crippen LogP contribution >= 0.6 is 27.5 Å². The number of hydrogen-bond donors (Lipinski definition) is 2. The molecule has 0 aliphatic carbocycles. The third kappa shape index (κ3) is 5.21. The molecular weight excluding hydrogens is 437 g/mol. The van der Waals surface area contributed by atoms with E-state index in [2.05, 4.69) is 31.5 Å². The maximum absolute atomic E-state index is 12.8.